The van der Waals surface area contributed by atoms with E-state index in [1.165, 1.54) is 36.5 Å². The van der Waals surface area contributed by atoms with Gasteiger partial charge in [-0.2, -0.15) is 0 Å². The Morgan fingerprint density at radius 3 is 2.41 bits per heavy atom. The van der Waals surface area contributed by atoms with Crippen LogP contribution in [-0.4, -0.2) is 6.10 Å². The number of hydrogen-bond donors (Lipinski definition) is 0. The van der Waals surface area contributed by atoms with E-state index in [0.29, 0.717) is 11.5 Å². The van der Waals surface area contributed by atoms with Crippen LogP contribution in [0.4, 0.5) is 0 Å². The molecular weight excluding hydrogens is 336 g/mol. The van der Waals surface area contributed by atoms with Crippen LogP contribution in [0.5, 0.6) is 5.75 Å². The van der Waals surface area contributed by atoms with Crippen molar-refractivity contribution in [1.29, 1.82) is 0 Å². The Hall–Kier alpha value is -1.02. The van der Waals surface area contributed by atoms with Crippen LogP contribution in [0.3, 0.4) is 0 Å². The van der Waals surface area contributed by atoms with E-state index in [4.69, 9.17) is 4.74 Å². The molecule has 0 heterocycles. The van der Waals surface area contributed by atoms with Gasteiger partial charge in [0.05, 0.1) is 6.10 Å². The zero-order chi connectivity index (χ0) is 15.7. The average Bonchev–Trinajstić information content (AvgIpc) is 2.48. The first-order valence-electron chi connectivity index (χ1n) is 8.28. The van der Waals surface area contributed by atoms with Crippen molar-refractivity contribution in [3.63, 3.8) is 0 Å². The minimum Gasteiger partial charge on any atom is -0.490 e. The first-order chi connectivity index (χ1) is 10.4. The summed E-state index contributed by atoms with van der Waals surface area (Å²) in [6, 6.07) is 12.7. The van der Waals surface area contributed by atoms with Gasteiger partial charge in [-0.3, -0.25) is 0 Å². The number of hydrogen-bond acceptors (Lipinski definition) is 1. The van der Waals surface area contributed by atoms with Crippen molar-refractivity contribution in [2.24, 2.45) is 11.3 Å². The normalized spacial score (nSPS) is 22.7. The minimum atomic E-state index is 0.374. The Balaban J connectivity index is 1.68. The Bertz CT molecular complexity index is 648. The molecule has 0 saturated heterocycles. The van der Waals surface area contributed by atoms with Gasteiger partial charge >= 0.3 is 0 Å². The largest absolute Gasteiger partial charge is 0.490 e. The van der Waals surface area contributed by atoms with Crippen molar-refractivity contribution in [2.75, 3.05) is 0 Å². The number of rotatable bonds is 2. The van der Waals surface area contributed by atoms with E-state index in [2.05, 4.69) is 73.1 Å². The van der Waals surface area contributed by atoms with E-state index in [1.807, 2.05) is 0 Å². The van der Waals surface area contributed by atoms with Gasteiger partial charge in [0.1, 0.15) is 5.75 Å². The lowest BCUT2D eigenvalue weighted by Crippen LogP contribution is -2.30. The number of halogens is 1. The molecule has 0 aliphatic heterocycles. The maximum absolute atomic E-state index is 6.26. The van der Waals surface area contributed by atoms with Gasteiger partial charge in [-0.1, -0.05) is 54.9 Å². The zero-order valence-corrected chi connectivity index (χ0v) is 15.3. The fourth-order valence-electron chi connectivity index (χ4n) is 3.53. The highest BCUT2D eigenvalue weighted by molar-refractivity contribution is 9.10. The first-order valence-corrected chi connectivity index (χ1v) is 9.08. The second kappa shape index (κ2) is 6.23. The molecule has 0 unspecified atom stereocenters. The van der Waals surface area contributed by atoms with E-state index in [1.54, 1.807) is 0 Å². The third-order valence-corrected chi connectivity index (χ3v) is 5.69. The summed E-state index contributed by atoms with van der Waals surface area (Å²) in [6.45, 7) is 7.08. The van der Waals surface area contributed by atoms with Crippen LogP contribution in [0.1, 0.15) is 46.5 Å². The summed E-state index contributed by atoms with van der Waals surface area (Å²) in [5.74, 6) is 1.83. The Morgan fingerprint density at radius 1 is 1.00 bits per heavy atom. The van der Waals surface area contributed by atoms with Gasteiger partial charge in [0, 0.05) is 4.47 Å². The van der Waals surface area contributed by atoms with Gasteiger partial charge < -0.3 is 4.74 Å². The standard InChI is InChI=1S/C20H25BrO/c1-20(2,3)15-8-11-16(12-9-15)22-17-10-7-14-5-4-6-19(21)18(14)13-17/h4-7,10,13,15-16H,8-9,11-12H2,1-3H3. The van der Waals surface area contributed by atoms with Crippen molar-refractivity contribution in [3.8, 4) is 5.75 Å². The first kappa shape index (κ1) is 15.9. The van der Waals surface area contributed by atoms with Gasteiger partial charge in [0.2, 0.25) is 0 Å². The molecule has 0 bridgehead atoms. The summed E-state index contributed by atoms with van der Waals surface area (Å²) in [5.41, 5.74) is 0.429. The SMILES string of the molecule is CC(C)(C)C1CCC(Oc2ccc3cccc(Br)c3c2)CC1. The van der Waals surface area contributed by atoms with E-state index in [9.17, 15) is 0 Å². The van der Waals surface area contributed by atoms with E-state index < -0.39 is 0 Å². The van der Waals surface area contributed by atoms with Gasteiger partial charge in [-0.15, -0.1) is 0 Å². The summed E-state index contributed by atoms with van der Waals surface area (Å²) in [4.78, 5) is 0. The number of benzene rings is 2. The van der Waals surface area contributed by atoms with Crippen LogP contribution in [0, 0.1) is 11.3 Å². The van der Waals surface area contributed by atoms with Crippen molar-refractivity contribution < 1.29 is 4.74 Å². The second-order valence-electron chi connectivity index (χ2n) is 7.58. The smallest absolute Gasteiger partial charge is 0.120 e. The molecule has 0 aromatic heterocycles. The van der Waals surface area contributed by atoms with Crippen LogP contribution in [-0.2, 0) is 0 Å². The molecule has 1 aliphatic carbocycles. The maximum Gasteiger partial charge on any atom is 0.120 e. The number of fused-ring (bicyclic) bond motifs is 1. The van der Waals surface area contributed by atoms with E-state index >= 15 is 0 Å². The predicted octanol–water partition coefficient (Wildman–Crippen LogP) is 6.59. The Morgan fingerprint density at radius 2 is 1.73 bits per heavy atom. The molecule has 1 saturated carbocycles. The van der Waals surface area contributed by atoms with Crippen LogP contribution in [0.15, 0.2) is 40.9 Å². The molecule has 2 aromatic rings. The fourth-order valence-corrected chi connectivity index (χ4v) is 4.02. The molecule has 0 radical (unpaired) electrons. The molecule has 3 rings (SSSR count). The molecule has 0 amide bonds. The molecular formula is C20H25BrO. The molecule has 2 aromatic carbocycles. The third kappa shape index (κ3) is 3.48. The Kier molecular flexibility index (Phi) is 4.49. The molecule has 0 N–H and O–H groups in total. The van der Waals surface area contributed by atoms with E-state index in [0.717, 1.165) is 16.1 Å². The number of ether oxygens (including phenoxy) is 1. The summed E-state index contributed by atoms with van der Waals surface area (Å²) in [6.07, 6.45) is 5.29. The minimum absolute atomic E-state index is 0.374. The lowest BCUT2D eigenvalue weighted by atomic mass is 9.72. The highest BCUT2D eigenvalue weighted by Gasteiger charge is 2.30. The molecule has 0 spiro atoms. The zero-order valence-electron chi connectivity index (χ0n) is 13.7. The van der Waals surface area contributed by atoms with Crippen molar-refractivity contribution >= 4 is 26.7 Å². The van der Waals surface area contributed by atoms with Gasteiger partial charge in [-0.05, 0) is 66.0 Å². The summed E-state index contributed by atoms with van der Waals surface area (Å²) in [5, 5.41) is 2.47. The molecule has 1 nitrogen and oxygen atoms in total. The molecule has 0 atom stereocenters. The predicted molar refractivity (Wildman–Crippen MR) is 97.5 cm³/mol. The molecule has 2 heteroatoms. The highest BCUT2D eigenvalue weighted by Crippen LogP contribution is 2.39. The van der Waals surface area contributed by atoms with Crippen LogP contribution < -0.4 is 4.74 Å². The van der Waals surface area contributed by atoms with Crippen LogP contribution in [0.2, 0.25) is 0 Å². The van der Waals surface area contributed by atoms with Gasteiger partial charge in [-0.25, -0.2) is 0 Å². The fraction of sp³-hybridized carbons (Fsp3) is 0.500. The molecule has 22 heavy (non-hydrogen) atoms. The summed E-state index contributed by atoms with van der Waals surface area (Å²) in [7, 11) is 0. The van der Waals surface area contributed by atoms with Crippen LogP contribution in [0.25, 0.3) is 10.8 Å². The highest BCUT2D eigenvalue weighted by atomic mass is 79.9. The summed E-state index contributed by atoms with van der Waals surface area (Å²) >= 11 is 3.63. The third-order valence-electron chi connectivity index (χ3n) is 5.00. The monoisotopic (exact) mass is 360 g/mol. The second-order valence-corrected chi connectivity index (χ2v) is 8.43. The van der Waals surface area contributed by atoms with Gasteiger partial charge in [0.25, 0.3) is 0 Å². The topological polar surface area (TPSA) is 9.23 Å². The van der Waals surface area contributed by atoms with Crippen molar-refractivity contribution in [1.82, 2.24) is 0 Å². The molecule has 118 valence electrons. The quantitative estimate of drug-likeness (QED) is 0.587. The molecule has 1 fully saturated rings. The maximum atomic E-state index is 6.26. The van der Waals surface area contributed by atoms with E-state index in [-0.39, 0.29) is 0 Å². The van der Waals surface area contributed by atoms with Crippen LogP contribution >= 0.6 is 15.9 Å². The van der Waals surface area contributed by atoms with Crippen molar-refractivity contribution in [2.45, 2.75) is 52.6 Å². The Labute approximate surface area is 142 Å². The van der Waals surface area contributed by atoms with Gasteiger partial charge in [0.15, 0.2) is 0 Å². The summed E-state index contributed by atoms with van der Waals surface area (Å²) < 4.78 is 7.39. The molecule has 1 aliphatic rings. The van der Waals surface area contributed by atoms with Crippen molar-refractivity contribution in [3.05, 3.63) is 40.9 Å². The average molecular weight is 361 g/mol. The lowest BCUT2D eigenvalue weighted by molar-refractivity contribution is 0.0883. The lowest BCUT2D eigenvalue weighted by Gasteiger charge is -2.37.